The second kappa shape index (κ2) is 5.58. The Morgan fingerprint density at radius 2 is 2.29 bits per heavy atom. The molecule has 0 radical (unpaired) electrons. The van der Waals surface area contributed by atoms with Gasteiger partial charge in [0.2, 0.25) is 0 Å². The van der Waals surface area contributed by atoms with Crippen molar-refractivity contribution >= 4 is 5.97 Å². The molecule has 1 aliphatic carbocycles. The maximum atomic E-state index is 11.4. The number of hydrogen-bond donors (Lipinski definition) is 0. The minimum Gasteiger partial charge on any atom is -0.464 e. The highest BCUT2D eigenvalue weighted by atomic mass is 16.7. The van der Waals surface area contributed by atoms with Crippen LogP contribution in [0.1, 0.15) is 20.3 Å². The Bertz CT molecular complexity index is 363. The fourth-order valence-corrected chi connectivity index (χ4v) is 1.47. The number of rotatable bonds is 5. The Morgan fingerprint density at radius 3 is 2.76 bits per heavy atom. The zero-order chi connectivity index (χ0) is 12.9. The van der Waals surface area contributed by atoms with Crippen molar-refractivity contribution < 1.29 is 19.2 Å². The summed E-state index contributed by atoms with van der Waals surface area (Å²) in [6.07, 6.45) is 5.31. The van der Waals surface area contributed by atoms with E-state index in [0.717, 1.165) is 0 Å². The van der Waals surface area contributed by atoms with E-state index in [9.17, 15) is 14.9 Å². The van der Waals surface area contributed by atoms with Crippen molar-refractivity contribution in [1.82, 2.24) is 0 Å². The Labute approximate surface area is 99.0 Å². The highest BCUT2D eigenvalue weighted by molar-refractivity contribution is 5.74. The highest BCUT2D eigenvalue weighted by Gasteiger charge is 2.44. The van der Waals surface area contributed by atoms with Crippen LogP contribution in [0.3, 0.4) is 0 Å². The third-order valence-electron chi connectivity index (χ3n) is 2.32. The van der Waals surface area contributed by atoms with Crippen LogP contribution in [0.4, 0.5) is 0 Å². The Kier molecular flexibility index (Phi) is 4.39. The molecule has 94 valence electrons. The van der Waals surface area contributed by atoms with Crippen molar-refractivity contribution in [3.63, 3.8) is 0 Å². The number of hydrogen-bond acceptors (Lipinski definition) is 5. The second-order valence-corrected chi connectivity index (χ2v) is 3.61. The quantitative estimate of drug-likeness (QED) is 0.315. The van der Waals surface area contributed by atoms with Crippen LogP contribution < -0.4 is 0 Å². The van der Waals surface area contributed by atoms with Gasteiger partial charge in [-0.15, -0.1) is 0 Å². The van der Waals surface area contributed by atoms with E-state index in [1.165, 1.54) is 19.1 Å². The molecule has 0 aromatic heterocycles. The molecule has 6 heteroatoms. The van der Waals surface area contributed by atoms with Crippen LogP contribution in [0.15, 0.2) is 24.3 Å². The molecule has 2 atom stereocenters. The molecule has 6 nitrogen and oxygen atoms in total. The van der Waals surface area contributed by atoms with Crippen molar-refractivity contribution in [2.24, 2.45) is 0 Å². The Morgan fingerprint density at radius 1 is 1.59 bits per heavy atom. The molecule has 0 aromatic rings. The van der Waals surface area contributed by atoms with Gasteiger partial charge in [0.15, 0.2) is 6.10 Å². The van der Waals surface area contributed by atoms with Gasteiger partial charge >= 0.3 is 11.7 Å². The molecule has 0 heterocycles. The molecule has 0 amide bonds. The number of esters is 1. The van der Waals surface area contributed by atoms with Crippen LogP contribution in [0.5, 0.6) is 0 Å². The van der Waals surface area contributed by atoms with Crippen LogP contribution >= 0.6 is 0 Å². The minimum absolute atomic E-state index is 0.0975. The minimum atomic E-state index is -1.67. The van der Waals surface area contributed by atoms with E-state index in [2.05, 4.69) is 0 Å². The molecule has 0 bridgehead atoms. The lowest BCUT2D eigenvalue weighted by Gasteiger charge is -2.25. The zero-order valence-corrected chi connectivity index (χ0v) is 9.79. The number of carbonyl (C=O) groups is 1. The van der Waals surface area contributed by atoms with Crippen molar-refractivity contribution in [2.75, 3.05) is 6.61 Å². The molecular formula is C11H15NO5. The standard InChI is InChI=1S/C11H15NO5/c1-3-16-10(13)9(2)17-11(12(14)15)7-5-4-6-8-11/h4-7,9H,3,8H2,1-2H3. The Hall–Kier alpha value is -1.69. The fourth-order valence-electron chi connectivity index (χ4n) is 1.47. The van der Waals surface area contributed by atoms with Crippen molar-refractivity contribution in [3.05, 3.63) is 34.4 Å². The van der Waals surface area contributed by atoms with Gasteiger partial charge in [-0.3, -0.25) is 14.9 Å². The van der Waals surface area contributed by atoms with Gasteiger partial charge in [0.25, 0.3) is 0 Å². The van der Waals surface area contributed by atoms with Gasteiger partial charge in [0, 0.05) is 6.08 Å². The molecule has 2 unspecified atom stereocenters. The Balaban J connectivity index is 2.75. The van der Waals surface area contributed by atoms with Crippen LogP contribution in [0, 0.1) is 10.1 Å². The summed E-state index contributed by atoms with van der Waals surface area (Å²) >= 11 is 0. The first kappa shape index (κ1) is 13.4. The van der Waals surface area contributed by atoms with E-state index in [1.54, 1.807) is 19.1 Å². The van der Waals surface area contributed by atoms with Gasteiger partial charge in [-0.05, 0) is 13.8 Å². The average Bonchev–Trinajstić information content (AvgIpc) is 2.30. The lowest BCUT2D eigenvalue weighted by Crippen LogP contribution is -2.44. The summed E-state index contributed by atoms with van der Waals surface area (Å²) in [5.41, 5.74) is -1.67. The predicted octanol–water partition coefficient (Wildman–Crippen LogP) is 1.44. The maximum absolute atomic E-state index is 11.4. The summed E-state index contributed by atoms with van der Waals surface area (Å²) in [7, 11) is 0. The monoisotopic (exact) mass is 241 g/mol. The lowest BCUT2D eigenvalue weighted by atomic mass is 10.1. The second-order valence-electron chi connectivity index (χ2n) is 3.61. The summed E-state index contributed by atoms with van der Waals surface area (Å²) in [6.45, 7) is 3.32. The van der Waals surface area contributed by atoms with E-state index in [0.29, 0.717) is 0 Å². The summed E-state index contributed by atoms with van der Waals surface area (Å²) in [5.74, 6) is -0.600. The molecule has 0 fully saturated rings. The molecule has 0 saturated heterocycles. The number of carbonyl (C=O) groups excluding carboxylic acids is 1. The van der Waals surface area contributed by atoms with E-state index in [-0.39, 0.29) is 13.0 Å². The normalized spacial score (nSPS) is 24.4. The third-order valence-corrected chi connectivity index (χ3v) is 2.32. The third kappa shape index (κ3) is 3.13. The number of ether oxygens (including phenoxy) is 2. The lowest BCUT2D eigenvalue weighted by molar-refractivity contribution is -0.615. The molecule has 0 spiro atoms. The molecule has 1 aliphatic rings. The topological polar surface area (TPSA) is 78.7 Å². The van der Waals surface area contributed by atoms with Gasteiger partial charge in [-0.1, -0.05) is 18.2 Å². The maximum Gasteiger partial charge on any atom is 0.349 e. The van der Waals surface area contributed by atoms with Crippen LogP contribution in [-0.2, 0) is 14.3 Å². The molecular weight excluding hydrogens is 226 g/mol. The SMILES string of the molecule is CCOC(=O)C(C)OC1([N+](=O)[O-])C=CC=CC1. The molecule has 0 aliphatic heterocycles. The van der Waals surface area contributed by atoms with E-state index in [4.69, 9.17) is 9.47 Å². The predicted molar refractivity (Wildman–Crippen MR) is 59.8 cm³/mol. The molecule has 0 saturated carbocycles. The van der Waals surface area contributed by atoms with Crippen LogP contribution in [0.2, 0.25) is 0 Å². The molecule has 17 heavy (non-hydrogen) atoms. The largest absolute Gasteiger partial charge is 0.464 e. The molecule has 0 aromatic carbocycles. The number of nitrogens with zero attached hydrogens (tertiary/aromatic N) is 1. The van der Waals surface area contributed by atoms with E-state index >= 15 is 0 Å². The van der Waals surface area contributed by atoms with Crippen molar-refractivity contribution in [2.45, 2.75) is 32.1 Å². The molecule has 1 rings (SSSR count). The first-order valence-electron chi connectivity index (χ1n) is 5.35. The number of nitro groups is 1. The molecule has 0 N–H and O–H groups in total. The van der Waals surface area contributed by atoms with E-state index < -0.39 is 22.7 Å². The van der Waals surface area contributed by atoms with Gasteiger partial charge in [0.1, 0.15) is 0 Å². The summed E-state index contributed by atoms with van der Waals surface area (Å²) in [6, 6.07) is 0. The van der Waals surface area contributed by atoms with Crippen molar-refractivity contribution in [3.8, 4) is 0 Å². The van der Waals surface area contributed by atoms with Crippen LogP contribution in [-0.4, -0.2) is 29.3 Å². The highest BCUT2D eigenvalue weighted by Crippen LogP contribution is 2.25. The summed E-state index contributed by atoms with van der Waals surface area (Å²) in [5, 5.41) is 11.0. The van der Waals surface area contributed by atoms with Gasteiger partial charge < -0.3 is 4.74 Å². The number of allylic oxidation sites excluding steroid dienone is 2. The van der Waals surface area contributed by atoms with E-state index in [1.807, 2.05) is 0 Å². The zero-order valence-electron chi connectivity index (χ0n) is 9.79. The van der Waals surface area contributed by atoms with Gasteiger partial charge in [0.05, 0.1) is 18.0 Å². The smallest absolute Gasteiger partial charge is 0.349 e. The van der Waals surface area contributed by atoms with Gasteiger partial charge in [-0.25, -0.2) is 4.79 Å². The average molecular weight is 241 g/mol. The summed E-state index contributed by atoms with van der Waals surface area (Å²) in [4.78, 5) is 21.9. The summed E-state index contributed by atoms with van der Waals surface area (Å²) < 4.78 is 9.98. The fraction of sp³-hybridized carbons (Fsp3) is 0.545. The van der Waals surface area contributed by atoms with Gasteiger partial charge in [-0.2, -0.15) is 0 Å². The van der Waals surface area contributed by atoms with Crippen molar-refractivity contribution in [1.29, 1.82) is 0 Å². The van der Waals surface area contributed by atoms with Crippen LogP contribution in [0.25, 0.3) is 0 Å². The first-order chi connectivity index (χ1) is 8.02. The first-order valence-corrected chi connectivity index (χ1v) is 5.35.